The number of ether oxygens (including phenoxy) is 1. The van der Waals surface area contributed by atoms with Gasteiger partial charge in [-0.15, -0.1) is 0 Å². The molecule has 31 heavy (non-hydrogen) atoms. The number of aryl methyl sites for hydroxylation is 2. The van der Waals surface area contributed by atoms with Crippen molar-refractivity contribution < 1.29 is 33.1 Å². The van der Waals surface area contributed by atoms with Gasteiger partial charge in [0.05, 0.1) is 6.61 Å². The van der Waals surface area contributed by atoms with Gasteiger partial charge in [0, 0.05) is 31.5 Å². The van der Waals surface area contributed by atoms with Gasteiger partial charge in [-0.3, -0.25) is 14.3 Å². The summed E-state index contributed by atoms with van der Waals surface area (Å²) >= 11 is 0. The normalized spacial score (nSPS) is 18.9. The second-order valence-corrected chi connectivity index (χ2v) is 8.01. The number of nitrogens with zero attached hydrogens (tertiary/aromatic N) is 1. The molecule has 2 heterocycles. The predicted octanol–water partition coefficient (Wildman–Crippen LogP) is 1.65. The SMILES string of the molecule is CC.COC(CCn1ccc(=O)[nH]c1=O)C(O)(O)OP1(=O)OCc2cc(C)ccc2O1. The zero-order valence-corrected chi connectivity index (χ0v) is 18.6. The summed E-state index contributed by atoms with van der Waals surface area (Å²) in [6, 6.07) is 6.24. The number of aromatic amines is 1. The summed E-state index contributed by atoms with van der Waals surface area (Å²) < 4.78 is 34.2. The number of methoxy groups -OCH3 is 1. The standard InChI is InChI=1S/C17H21N2O9P.C2H6/c1-11-3-4-13-12(9-11)10-26-29(24,27-13)28-17(22,23)14(25-2)5-7-19-8-6-15(20)18-16(19)21;1-2/h3-4,6,8-9,14,22-23H,5,7,10H2,1-2H3,(H,18,20,21);1-2H3. The number of rotatable bonds is 7. The third kappa shape index (κ3) is 6.36. The lowest BCUT2D eigenvalue weighted by molar-refractivity contribution is -0.347. The third-order valence-corrected chi connectivity index (χ3v) is 5.64. The molecule has 1 aliphatic heterocycles. The largest absolute Gasteiger partial charge is 0.534 e. The summed E-state index contributed by atoms with van der Waals surface area (Å²) in [5.41, 5.74) is 0.358. The van der Waals surface area contributed by atoms with E-state index in [1.165, 1.54) is 13.3 Å². The van der Waals surface area contributed by atoms with Gasteiger partial charge in [0.2, 0.25) is 0 Å². The van der Waals surface area contributed by atoms with Crippen LogP contribution in [0, 0.1) is 6.92 Å². The van der Waals surface area contributed by atoms with Gasteiger partial charge < -0.3 is 24.0 Å². The summed E-state index contributed by atoms with van der Waals surface area (Å²) in [4.78, 5) is 24.9. The highest BCUT2D eigenvalue weighted by Gasteiger charge is 2.47. The van der Waals surface area contributed by atoms with Crippen molar-refractivity contribution in [3.8, 4) is 5.75 Å². The molecule has 0 radical (unpaired) electrons. The van der Waals surface area contributed by atoms with E-state index in [4.69, 9.17) is 18.3 Å². The van der Waals surface area contributed by atoms with E-state index in [-0.39, 0.29) is 25.3 Å². The average Bonchev–Trinajstić information content (AvgIpc) is 2.71. The Bertz CT molecular complexity index is 1050. The molecule has 1 aromatic heterocycles. The Morgan fingerprint density at radius 1 is 1.29 bits per heavy atom. The highest BCUT2D eigenvalue weighted by Crippen LogP contribution is 2.56. The topological polar surface area (TPSA) is 149 Å². The van der Waals surface area contributed by atoms with Crippen LogP contribution in [-0.4, -0.2) is 39.0 Å². The Kier molecular flexibility index (Phi) is 8.35. The smallest absolute Gasteiger partial charge is 0.404 e. The molecule has 0 aliphatic carbocycles. The van der Waals surface area contributed by atoms with E-state index in [2.05, 4.69) is 4.98 Å². The molecule has 1 aliphatic rings. The van der Waals surface area contributed by atoms with E-state index < -0.39 is 31.1 Å². The highest BCUT2D eigenvalue weighted by molar-refractivity contribution is 7.49. The van der Waals surface area contributed by atoms with Gasteiger partial charge in [0.15, 0.2) is 0 Å². The summed E-state index contributed by atoms with van der Waals surface area (Å²) in [5, 5.41) is 20.6. The maximum Gasteiger partial charge on any atom is 0.534 e. The van der Waals surface area contributed by atoms with E-state index in [0.29, 0.717) is 5.56 Å². The molecule has 12 heteroatoms. The van der Waals surface area contributed by atoms with Crippen LogP contribution in [0.2, 0.25) is 0 Å². The van der Waals surface area contributed by atoms with Crippen LogP contribution < -0.4 is 15.8 Å². The number of fused-ring (bicyclic) bond motifs is 1. The molecule has 2 atom stereocenters. The van der Waals surface area contributed by atoms with Gasteiger partial charge in [-0.05, 0) is 19.4 Å². The van der Waals surface area contributed by atoms with E-state index in [9.17, 15) is 24.4 Å². The number of hydrogen-bond donors (Lipinski definition) is 3. The number of phosphoric ester groups is 1. The Morgan fingerprint density at radius 2 is 2.00 bits per heavy atom. The van der Waals surface area contributed by atoms with Crippen LogP contribution in [-0.2, 0) is 31.5 Å². The Morgan fingerprint density at radius 3 is 2.65 bits per heavy atom. The van der Waals surface area contributed by atoms with Crippen molar-refractivity contribution in [2.75, 3.05) is 7.11 Å². The molecular weight excluding hydrogens is 431 g/mol. The fourth-order valence-electron chi connectivity index (χ4n) is 2.81. The molecule has 0 bridgehead atoms. The third-order valence-electron chi connectivity index (χ3n) is 4.28. The van der Waals surface area contributed by atoms with Crippen LogP contribution >= 0.6 is 7.82 Å². The van der Waals surface area contributed by atoms with Crippen molar-refractivity contribution in [3.05, 3.63) is 62.4 Å². The Balaban J connectivity index is 0.00000166. The fourth-order valence-corrected chi connectivity index (χ4v) is 4.12. The molecule has 3 N–H and O–H groups in total. The molecule has 3 rings (SSSR count). The quantitative estimate of drug-likeness (QED) is 0.416. The minimum atomic E-state index is -4.36. The van der Waals surface area contributed by atoms with Gasteiger partial charge in [-0.2, -0.15) is 0 Å². The molecule has 172 valence electrons. The first kappa shape index (κ1) is 25.0. The molecule has 0 amide bonds. The van der Waals surface area contributed by atoms with Crippen LogP contribution in [0.5, 0.6) is 5.75 Å². The van der Waals surface area contributed by atoms with Gasteiger partial charge in [0.25, 0.3) is 5.56 Å². The van der Waals surface area contributed by atoms with Crippen molar-refractivity contribution in [3.63, 3.8) is 0 Å². The number of hydrogen-bond acceptors (Lipinski definition) is 9. The molecule has 0 saturated carbocycles. The van der Waals surface area contributed by atoms with Gasteiger partial charge in [-0.1, -0.05) is 31.5 Å². The minimum Gasteiger partial charge on any atom is -0.404 e. The molecular formula is C19H27N2O9P. The van der Waals surface area contributed by atoms with Crippen molar-refractivity contribution >= 4 is 7.82 Å². The zero-order chi connectivity index (χ0) is 23.2. The Hall–Kier alpha value is -2.27. The molecule has 0 fully saturated rings. The van der Waals surface area contributed by atoms with Crippen LogP contribution in [0.15, 0.2) is 40.1 Å². The first-order valence-corrected chi connectivity index (χ1v) is 11.1. The fraction of sp³-hybridized carbons (Fsp3) is 0.474. The van der Waals surface area contributed by atoms with Crippen molar-refractivity contribution in [2.45, 2.75) is 52.4 Å². The summed E-state index contributed by atoms with van der Waals surface area (Å²) in [6.07, 6.45) is -0.302. The average molecular weight is 458 g/mol. The number of aromatic nitrogens is 2. The lowest BCUT2D eigenvalue weighted by Gasteiger charge is -2.33. The van der Waals surface area contributed by atoms with Gasteiger partial charge in [-0.25, -0.2) is 13.9 Å². The lowest BCUT2D eigenvalue weighted by atomic mass is 10.1. The second-order valence-electron chi connectivity index (χ2n) is 6.49. The van der Waals surface area contributed by atoms with Crippen molar-refractivity contribution in [1.29, 1.82) is 0 Å². The number of aliphatic hydroxyl groups is 2. The van der Waals surface area contributed by atoms with E-state index in [1.54, 1.807) is 18.2 Å². The van der Waals surface area contributed by atoms with Gasteiger partial charge >= 0.3 is 19.5 Å². The molecule has 0 spiro atoms. The first-order valence-electron chi connectivity index (χ1n) is 9.64. The molecule has 1 aromatic carbocycles. The number of H-pyrrole nitrogens is 1. The maximum absolute atomic E-state index is 12.7. The monoisotopic (exact) mass is 458 g/mol. The molecule has 2 aromatic rings. The zero-order valence-electron chi connectivity index (χ0n) is 17.7. The summed E-state index contributed by atoms with van der Waals surface area (Å²) in [7, 11) is -3.18. The molecule has 11 nitrogen and oxygen atoms in total. The van der Waals surface area contributed by atoms with Crippen molar-refractivity contribution in [1.82, 2.24) is 9.55 Å². The summed E-state index contributed by atoms with van der Waals surface area (Å²) in [5.74, 6) is -2.80. The minimum absolute atomic E-state index is 0.0471. The molecule has 0 saturated heterocycles. The van der Waals surface area contributed by atoms with Gasteiger partial charge in [0.1, 0.15) is 11.9 Å². The van der Waals surface area contributed by atoms with Crippen LogP contribution in [0.25, 0.3) is 0 Å². The highest BCUT2D eigenvalue weighted by atomic mass is 31.2. The predicted molar refractivity (Wildman–Crippen MR) is 111 cm³/mol. The van der Waals surface area contributed by atoms with Crippen LogP contribution in [0.4, 0.5) is 0 Å². The lowest BCUT2D eigenvalue weighted by Crippen LogP contribution is -2.46. The first-order chi connectivity index (χ1) is 14.6. The maximum atomic E-state index is 12.7. The summed E-state index contributed by atoms with van der Waals surface area (Å²) in [6.45, 7) is 5.72. The number of nitrogens with one attached hydrogen (secondary N) is 1. The van der Waals surface area contributed by atoms with E-state index in [0.717, 1.165) is 16.2 Å². The van der Waals surface area contributed by atoms with E-state index >= 15 is 0 Å². The molecule has 2 unspecified atom stereocenters. The number of phosphoric acid groups is 1. The second kappa shape index (κ2) is 10.4. The van der Waals surface area contributed by atoms with Crippen LogP contribution in [0.1, 0.15) is 31.4 Å². The Labute approximate surface area is 178 Å². The van der Waals surface area contributed by atoms with E-state index in [1.807, 2.05) is 20.8 Å². The van der Waals surface area contributed by atoms with Crippen molar-refractivity contribution in [2.24, 2.45) is 0 Å². The number of benzene rings is 1. The van der Waals surface area contributed by atoms with Crippen LogP contribution in [0.3, 0.4) is 0 Å².